The summed E-state index contributed by atoms with van der Waals surface area (Å²) in [4.78, 5) is 12.9. The molecule has 0 saturated carbocycles. The number of carbonyl (C=O) groups is 1. The smallest absolute Gasteiger partial charge is 0.339 e. The van der Waals surface area contributed by atoms with E-state index in [9.17, 15) is 15.0 Å². The molecule has 5 aromatic rings. The van der Waals surface area contributed by atoms with Crippen LogP contribution in [0, 0.1) is 0 Å². The number of carboxylic acids is 1. The molecule has 0 aromatic heterocycles. The number of aryl methyl sites for hydroxylation is 4. The highest BCUT2D eigenvalue weighted by Gasteiger charge is 2.28. The summed E-state index contributed by atoms with van der Waals surface area (Å²) in [6.45, 7) is 13.1. The van der Waals surface area contributed by atoms with Crippen LogP contribution in [-0.4, -0.2) is 16.2 Å². The van der Waals surface area contributed by atoms with Crippen LogP contribution in [0.1, 0.15) is 144 Å². The first kappa shape index (κ1) is 36.6. The Kier molecular flexibility index (Phi) is 12.4. The van der Waals surface area contributed by atoms with Gasteiger partial charge in [-0.25, -0.2) is 4.79 Å². The van der Waals surface area contributed by atoms with Gasteiger partial charge in [-0.15, -0.1) is 0 Å². The van der Waals surface area contributed by atoms with Gasteiger partial charge in [0.25, 0.3) is 0 Å². The maximum atomic E-state index is 12.9. The molecule has 0 amide bonds. The Labute approximate surface area is 300 Å². The minimum atomic E-state index is -1.11. The predicted octanol–water partition coefficient (Wildman–Crippen LogP) is 12.0. The van der Waals surface area contributed by atoms with Crippen molar-refractivity contribution in [3.05, 3.63) is 170 Å². The lowest BCUT2D eigenvalue weighted by atomic mass is 9.77. The third-order valence-electron chi connectivity index (χ3n) is 10.8. The minimum Gasteiger partial charge on any atom is -0.507 e. The first-order valence-electron chi connectivity index (χ1n) is 18.6. The molecule has 0 radical (unpaired) electrons. The summed E-state index contributed by atoms with van der Waals surface area (Å²) in [7, 11) is 0. The molecule has 0 fully saturated rings. The number of aromatic carboxylic acids is 1. The summed E-state index contributed by atoms with van der Waals surface area (Å²) in [5.74, 6) is -1.12. The number of carboxylic acid groups (broad SMARTS) is 1. The van der Waals surface area contributed by atoms with E-state index in [0.29, 0.717) is 5.56 Å². The number of hydrogen-bond donors (Lipinski definition) is 2. The summed E-state index contributed by atoms with van der Waals surface area (Å²) in [6.07, 6.45) is 5.41. The van der Waals surface area contributed by atoms with Crippen LogP contribution in [0.4, 0.5) is 0 Å². The fourth-order valence-corrected chi connectivity index (χ4v) is 7.33. The molecular weight excluding hydrogens is 613 g/mol. The van der Waals surface area contributed by atoms with Gasteiger partial charge in [0.2, 0.25) is 0 Å². The highest BCUT2D eigenvalue weighted by molar-refractivity contribution is 5.92. The Morgan fingerprint density at radius 3 is 1.20 bits per heavy atom. The molecule has 0 spiro atoms. The molecule has 4 atom stereocenters. The Morgan fingerprint density at radius 2 is 0.840 bits per heavy atom. The zero-order valence-corrected chi connectivity index (χ0v) is 30.7. The average Bonchev–Trinajstić information content (AvgIpc) is 3.16. The lowest BCUT2D eigenvalue weighted by molar-refractivity contribution is 0.0693. The van der Waals surface area contributed by atoms with E-state index in [1.807, 2.05) is 0 Å². The summed E-state index contributed by atoms with van der Waals surface area (Å²) in [5, 5.41) is 22.3. The summed E-state index contributed by atoms with van der Waals surface area (Å²) < 4.78 is 0. The monoisotopic (exact) mass is 666 g/mol. The van der Waals surface area contributed by atoms with E-state index in [2.05, 4.69) is 145 Å². The molecule has 2 N–H and O–H groups in total. The van der Waals surface area contributed by atoms with E-state index in [4.69, 9.17) is 0 Å². The number of aromatic hydroxyl groups is 1. The Balaban J connectivity index is 1.65. The SMILES string of the molecule is CCc1ccc(C(C)CC(c2ccc(CC)cc2)c2cc(C(=O)O)c(O)c(C(CC(C)c3ccc(CC)cc3)c3ccc(CC)cc3)c2)cc1. The molecule has 0 aliphatic rings. The molecule has 0 aliphatic carbocycles. The standard InChI is InChI=1S/C47H54O3/c1-7-33-11-19-37(20-12-33)31(5)27-42(39-23-15-35(9-3)16-24-39)41-29-44(46(48)45(30-41)47(49)50)43(40-25-17-36(10-4)18-26-40)28-32(6)38-21-13-34(8-2)14-22-38/h11-26,29-32,42-43,48H,7-10,27-28H2,1-6H3,(H,49,50). The van der Waals surface area contributed by atoms with Gasteiger partial charge in [-0.05, 0) is 106 Å². The van der Waals surface area contributed by atoms with Crippen LogP contribution in [0.3, 0.4) is 0 Å². The lowest BCUT2D eigenvalue weighted by Crippen LogP contribution is -2.13. The predicted molar refractivity (Wildman–Crippen MR) is 208 cm³/mol. The van der Waals surface area contributed by atoms with E-state index in [0.717, 1.165) is 55.2 Å². The van der Waals surface area contributed by atoms with Crippen LogP contribution < -0.4 is 0 Å². The van der Waals surface area contributed by atoms with Crippen LogP contribution in [0.2, 0.25) is 0 Å². The van der Waals surface area contributed by atoms with Gasteiger partial charge < -0.3 is 10.2 Å². The molecule has 50 heavy (non-hydrogen) atoms. The highest BCUT2D eigenvalue weighted by atomic mass is 16.4. The zero-order chi connectivity index (χ0) is 35.8. The second-order valence-electron chi connectivity index (χ2n) is 14.1. The second-order valence-corrected chi connectivity index (χ2v) is 14.1. The fourth-order valence-electron chi connectivity index (χ4n) is 7.33. The molecule has 5 aromatic carbocycles. The molecule has 260 valence electrons. The van der Waals surface area contributed by atoms with Crippen molar-refractivity contribution in [2.45, 2.75) is 104 Å². The average molecular weight is 667 g/mol. The third-order valence-corrected chi connectivity index (χ3v) is 10.8. The molecule has 5 rings (SSSR count). The molecule has 0 bridgehead atoms. The van der Waals surface area contributed by atoms with E-state index in [1.165, 1.54) is 33.4 Å². The van der Waals surface area contributed by atoms with Crippen molar-refractivity contribution in [1.82, 2.24) is 0 Å². The van der Waals surface area contributed by atoms with Gasteiger partial charge in [0.15, 0.2) is 0 Å². The number of hydrogen-bond acceptors (Lipinski definition) is 2. The van der Waals surface area contributed by atoms with Crippen molar-refractivity contribution in [2.75, 3.05) is 0 Å². The number of benzene rings is 5. The topological polar surface area (TPSA) is 57.5 Å². The molecule has 3 heteroatoms. The van der Waals surface area contributed by atoms with E-state index >= 15 is 0 Å². The summed E-state index contributed by atoms with van der Waals surface area (Å²) in [6, 6.07) is 38.9. The van der Waals surface area contributed by atoms with Crippen molar-refractivity contribution < 1.29 is 15.0 Å². The molecule has 0 heterocycles. The molecule has 3 nitrogen and oxygen atoms in total. The molecular formula is C47H54O3. The third kappa shape index (κ3) is 8.56. The van der Waals surface area contributed by atoms with Crippen LogP contribution in [-0.2, 0) is 25.7 Å². The van der Waals surface area contributed by atoms with Gasteiger partial charge in [-0.2, -0.15) is 0 Å². The van der Waals surface area contributed by atoms with E-state index in [1.54, 1.807) is 6.07 Å². The van der Waals surface area contributed by atoms with Crippen LogP contribution in [0.15, 0.2) is 109 Å². The van der Waals surface area contributed by atoms with Crippen molar-refractivity contribution in [3.8, 4) is 5.75 Å². The Morgan fingerprint density at radius 1 is 0.500 bits per heavy atom. The normalized spacial score (nSPS) is 13.8. The van der Waals surface area contributed by atoms with Crippen LogP contribution in [0.5, 0.6) is 5.75 Å². The zero-order valence-electron chi connectivity index (χ0n) is 30.7. The molecule has 4 unspecified atom stereocenters. The van der Waals surface area contributed by atoms with Gasteiger partial charge in [0.1, 0.15) is 11.3 Å². The van der Waals surface area contributed by atoms with Crippen molar-refractivity contribution in [3.63, 3.8) is 0 Å². The van der Waals surface area contributed by atoms with Gasteiger partial charge in [0.05, 0.1) is 0 Å². The lowest BCUT2D eigenvalue weighted by Gasteiger charge is -2.28. The Hall–Kier alpha value is -4.63. The number of rotatable bonds is 15. The largest absolute Gasteiger partial charge is 0.507 e. The maximum absolute atomic E-state index is 12.9. The van der Waals surface area contributed by atoms with Crippen LogP contribution in [0.25, 0.3) is 0 Å². The first-order valence-corrected chi connectivity index (χ1v) is 18.6. The van der Waals surface area contributed by atoms with Crippen molar-refractivity contribution >= 4 is 5.97 Å². The maximum Gasteiger partial charge on any atom is 0.339 e. The van der Waals surface area contributed by atoms with E-state index in [-0.39, 0.29) is 35.0 Å². The summed E-state index contributed by atoms with van der Waals surface area (Å²) >= 11 is 0. The van der Waals surface area contributed by atoms with Gasteiger partial charge >= 0.3 is 5.97 Å². The van der Waals surface area contributed by atoms with E-state index < -0.39 is 5.97 Å². The van der Waals surface area contributed by atoms with Crippen LogP contribution >= 0.6 is 0 Å². The first-order chi connectivity index (χ1) is 24.1. The van der Waals surface area contributed by atoms with Gasteiger partial charge in [-0.1, -0.05) is 145 Å². The second kappa shape index (κ2) is 16.9. The van der Waals surface area contributed by atoms with Crippen molar-refractivity contribution in [2.24, 2.45) is 0 Å². The van der Waals surface area contributed by atoms with Crippen molar-refractivity contribution in [1.29, 1.82) is 0 Å². The van der Waals surface area contributed by atoms with Gasteiger partial charge in [-0.3, -0.25) is 0 Å². The highest BCUT2D eigenvalue weighted by Crippen LogP contribution is 2.44. The minimum absolute atomic E-state index is 0.0391. The fraction of sp³-hybridized carbons (Fsp3) is 0.340. The quantitative estimate of drug-likeness (QED) is 0.117. The summed E-state index contributed by atoms with van der Waals surface area (Å²) in [5.41, 5.74) is 11.4. The molecule has 0 aliphatic heterocycles. The molecule has 0 saturated heterocycles. The number of phenols is 1. The van der Waals surface area contributed by atoms with Gasteiger partial charge in [0, 0.05) is 17.4 Å². The Bertz CT molecular complexity index is 1830.